The van der Waals surface area contributed by atoms with Crippen molar-refractivity contribution in [1.29, 1.82) is 0 Å². The minimum absolute atomic E-state index is 0.0217. The number of esters is 1. The van der Waals surface area contributed by atoms with Crippen molar-refractivity contribution in [2.45, 2.75) is 161 Å². The smallest absolute Gasteiger partial charge is 0.310 e. The van der Waals surface area contributed by atoms with Crippen molar-refractivity contribution in [3.63, 3.8) is 0 Å². The van der Waals surface area contributed by atoms with Gasteiger partial charge < -0.3 is 25.3 Å². The average molecular weight is 695 g/mol. The molecule has 0 saturated heterocycles. The van der Waals surface area contributed by atoms with E-state index in [1.807, 2.05) is 6.92 Å². The molecule has 7 atom stereocenters. The molecule has 0 aromatic heterocycles. The van der Waals surface area contributed by atoms with Gasteiger partial charge in [-0.1, -0.05) is 70.6 Å². The quantitative estimate of drug-likeness (QED) is 0.0925. The van der Waals surface area contributed by atoms with Gasteiger partial charge in [0.25, 0.3) is 0 Å². The lowest BCUT2D eigenvalue weighted by Crippen LogP contribution is -2.41. The second kappa shape index (κ2) is 20.9. The first kappa shape index (κ1) is 40.0. The summed E-state index contributed by atoms with van der Waals surface area (Å²) in [5.74, 6) is 0.382. The Balaban J connectivity index is 1.29. The van der Waals surface area contributed by atoms with Gasteiger partial charge in [-0.2, -0.15) is 0 Å². The van der Waals surface area contributed by atoms with Crippen LogP contribution in [0.2, 0.25) is 0 Å². The molecule has 0 bridgehead atoms. The number of nitrogens with one attached hydrogen (secondary N) is 2. The zero-order valence-corrected chi connectivity index (χ0v) is 31.3. The molecular weight excluding hydrogens is 628 g/mol. The van der Waals surface area contributed by atoms with E-state index >= 15 is 0 Å². The first-order valence-electron chi connectivity index (χ1n) is 20.2. The van der Waals surface area contributed by atoms with E-state index in [0.717, 1.165) is 109 Å². The molecular formula is C42H66N2O6. The first-order valence-corrected chi connectivity index (χ1v) is 20.2. The fourth-order valence-corrected chi connectivity index (χ4v) is 9.00. The van der Waals surface area contributed by atoms with Crippen molar-refractivity contribution in [2.24, 2.45) is 29.6 Å². The Morgan fingerprint density at radius 1 is 0.900 bits per heavy atom. The fourth-order valence-electron chi connectivity index (χ4n) is 9.00. The van der Waals surface area contributed by atoms with Crippen molar-refractivity contribution < 1.29 is 29.0 Å². The third kappa shape index (κ3) is 11.9. The highest BCUT2D eigenvalue weighted by Gasteiger charge is 2.45. The average Bonchev–Trinajstić information content (AvgIpc) is 3.42. The number of aryl methyl sites for hydroxylation is 1. The Hall–Kier alpha value is -2.74. The van der Waals surface area contributed by atoms with Gasteiger partial charge in [0.05, 0.1) is 17.9 Å². The minimum atomic E-state index is -0.395. The number of hydrogen-bond donors (Lipinski definition) is 3. The maximum absolute atomic E-state index is 13.8. The molecule has 0 aliphatic heterocycles. The third-order valence-corrected chi connectivity index (χ3v) is 11.9. The van der Waals surface area contributed by atoms with Crippen LogP contribution < -0.4 is 10.6 Å². The van der Waals surface area contributed by atoms with Crippen molar-refractivity contribution in [1.82, 2.24) is 10.6 Å². The summed E-state index contributed by atoms with van der Waals surface area (Å²) in [7, 11) is 0. The molecule has 3 aliphatic carbocycles. The molecule has 2 saturated carbocycles. The molecule has 8 nitrogen and oxygen atoms in total. The number of ketones is 1. The number of benzene rings is 1. The van der Waals surface area contributed by atoms with Crippen LogP contribution in [-0.2, 0) is 43.2 Å². The first-order chi connectivity index (χ1) is 24.2. The number of hydrogen-bond acceptors (Lipinski definition) is 6. The Kier molecular flexibility index (Phi) is 16.8. The standard InChI is InChI=1S/C42H66N2O6/c1-4-6-9-17-33(22-23-34-38-26-31-16-14-15-30(21-20-29(3)45)37(31)27-32(38)28-39(34)46)50-42(49)36-19-11-10-18-35(36)41(48)44-25-13-8-7-12-24-43-40(47)5-2/h14-16,32-36,38-39,46H,4-13,17-28H2,1-3H3,(H,43,47)(H,44,48)/t32-,33-,34+,35?,36?,38-,39+/m0/s1. The molecule has 3 aliphatic rings. The van der Waals surface area contributed by atoms with Gasteiger partial charge in [-0.25, -0.2) is 0 Å². The highest BCUT2D eigenvalue weighted by molar-refractivity contribution is 5.85. The monoisotopic (exact) mass is 694 g/mol. The Labute approximate surface area is 301 Å². The predicted molar refractivity (Wildman–Crippen MR) is 197 cm³/mol. The molecule has 0 heterocycles. The Morgan fingerprint density at radius 3 is 2.36 bits per heavy atom. The molecule has 50 heavy (non-hydrogen) atoms. The Morgan fingerprint density at radius 2 is 1.64 bits per heavy atom. The van der Waals surface area contributed by atoms with E-state index in [4.69, 9.17) is 4.74 Å². The van der Waals surface area contributed by atoms with E-state index < -0.39 is 5.92 Å². The number of aliphatic hydroxyl groups excluding tert-OH is 1. The zero-order chi connectivity index (χ0) is 35.9. The van der Waals surface area contributed by atoms with Crippen LogP contribution >= 0.6 is 0 Å². The van der Waals surface area contributed by atoms with Gasteiger partial charge in [0.15, 0.2) is 0 Å². The number of carbonyl (C=O) groups is 4. The minimum Gasteiger partial charge on any atom is -0.462 e. The van der Waals surface area contributed by atoms with Crippen molar-refractivity contribution >= 4 is 23.6 Å². The molecule has 1 aromatic rings. The summed E-state index contributed by atoms with van der Waals surface area (Å²) >= 11 is 0. The summed E-state index contributed by atoms with van der Waals surface area (Å²) < 4.78 is 6.31. The molecule has 2 unspecified atom stereocenters. The van der Waals surface area contributed by atoms with Crippen LogP contribution in [0, 0.1) is 29.6 Å². The lowest BCUT2D eigenvalue weighted by Gasteiger charge is -2.33. The maximum Gasteiger partial charge on any atom is 0.310 e. The van der Waals surface area contributed by atoms with Gasteiger partial charge >= 0.3 is 5.97 Å². The molecule has 1 aromatic carbocycles. The van der Waals surface area contributed by atoms with Gasteiger partial charge in [0.1, 0.15) is 11.9 Å². The molecule has 3 N–H and O–H groups in total. The summed E-state index contributed by atoms with van der Waals surface area (Å²) in [5, 5.41) is 17.3. The van der Waals surface area contributed by atoms with Crippen LogP contribution in [0.3, 0.4) is 0 Å². The number of fused-ring (bicyclic) bond motifs is 2. The van der Waals surface area contributed by atoms with E-state index in [2.05, 4.69) is 35.8 Å². The molecule has 4 rings (SSSR count). The van der Waals surface area contributed by atoms with Crippen LogP contribution in [0.4, 0.5) is 0 Å². The largest absolute Gasteiger partial charge is 0.462 e. The highest BCUT2D eigenvalue weighted by Crippen LogP contribution is 2.48. The van der Waals surface area contributed by atoms with E-state index in [1.54, 1.807) is 6.92 Å². The topological polar surface area (TPSA) is 122 Å². The fraction of sp³-hybridized carbons (Fsp3) is 0.762. The summed E-state index contributed by atoms with van der Waals surface area (Å²) in [6.45, 7) is 7.00. The van der Waals surface area contributed by atoms with Crippen LogP contribution in [-0.4, -0.2) is 54.0 Å². The summed E-state index contributed by atoms with van der Waals surface area (Å²) in [6, 6.07) is 6.52. The van der Waals surface area contributed by atoms with Gasteiger partial charge in [0, 0.05) is 25.9 Å². The predicted octanol–water partition coefficient (Wildman–Crippen LogP) is 7.20. The van der Waals surface area contributed by atoms with E-state index in [-0.39, 0.29) is 47.6 Å². The molecule has 280 valence electrons. The van der Waals surface area contributed by atoms with Crippen LogP contribution in [0.15, 0.2) is 18.2 Å². The van der Waals surface area contributed by atoms with Gasteiger partial charge in [0.2, 0.25) is 11.8 Å². The molecule has 2 fully saturated rings. The van der Waals surface area contributed by atoms with Gasteiger partial charge in [-0.05, 0) is 118 Å². The van der Waals surface area contributed by atoms with E-state index in [0.29, 0.717) is 44.2 Å². The normalized spacial score (nSPS) is 24.9. The van der Waals surface area contributed by atoms with Crippen LogP contribution in [0.5, 0.6) is 0 Å². The SMILES string of the molecule is CCCCC[C@@H](CC[C@@H]1[C@H]2Cc3cccc(CCC(C)=O)c3C[C@H]2C[C@H]1O)OC(=O)C1CCCCC1C(=O)NCCCCCCNC(=O)CC. The van der Waals surface area contributed by atoms with Crippen LogP contribution in [0.1, 0.15) is 147 Å². The van der Waals surface area contributed by atoms with E-state index in [9.17, 15) is 24.3 Å². The lowest BCUT2D eigenvalue weighted by molar-refractivity contribution is -0.160. The number of rotatable bonds is 21. The van der Waals surface area contributed by atoms with Crippen molar-refractivity contribution in [2.75, 3.05) is 13.1 Å². The highest BCUT2D eigenvalue weighted by atomic mass is 16.5. The number of amides is 2. The molecule has 0 radical (unpaired) electrons. The Bertz CT molecular complexity index is 1250. The zero-order valence-electron chi connectivity index (χ0n) is 31.3. The summed E-state index contributed by atoms with van der Waals surface area (Å²) in [4.78, 5) is 50.1. The molecule has 0 spiro atoms. The number of unbranched alkanes of at least 4 members (excludes halogenated alkanes) is 5. The summed E-state index contributed by atoms with van der Waals surface area (Å²) in [6.07, 6.45) is 16.8. The number of Topliss-reactive ketones (excluding diaryl/α,β-unsaturated/α-hetero) is 1. The van der Waals surface area contributed by atoms with E-state index in [1.165, 1.54) is 16.7 Å². The van der Waals surface area contributed by atoms with Crippen molar-refractivity contribution in [3.05, 3.63) is 34.9 Å². The molecule has 8 heteroatoms. The lowest BCUT2D eigenvalue weighted by atomic mass is 9.72. The maximum atomic E-state index is 13.8. The van der Waals surface area contributed by atoms with Gasteiger partial charge in [-0.15, -0.1) is 0 Å². The molecule has 2 amide bonds. The second-order valence-electron chi connectivity index (χ2n) is 15.6. The van der Waals surface area contributed by atoms with Crippen LogP contribution in [0.25, 0.3) is 0 Å². The third-order valence-electron chi connectivity index (χ3n) is 11.9. The number of carbonyl (C=O) groups excluding carboxylic acids is 4. The van der Waals surface area contributed by atoms with Crippen molar-refractivity contribution in [3.8, 4) is 0 Å². The second-order valence-corrected chi connectivity index (χ2v) is 15.6. The van der Waals surface area contributed by atoms with Gasteiger partial charge in [-0.3, -0.25) is 14.4 Å². The number of ether oxygens (including phenoxy) is 1. The summed E-state index contributed by atoms with van der Waals surface area (Å²) in [5.41, 5.74) is 4.06. The number of aliphatic hydroxyl groups is 1.